The molecule has 9 heterocycles. The minimum absolute atomic E-state index is 0.0515. The summed E-state index contributed by atoms with van der Waals surface area (Å²) in [5.41, 5.74) is 10.3. The molecule has 1 aromatic carbocycles. The number of piperidine rings is 1. The number of anilines is 1. The first-order valence-corrected chi connectivity index (χ1v) is 28.8. The van der Waals surface area contributed by atoms with Gasteiger partial charge in [0, 0.05) is 111 Å². The highest BCUT2D eigenvalue weighted by molar-refractivity contribution is 7.10. The van der Waals surface area contributed by atoms with Crippen molar-refractivity contribution in [2.75, 3.05) is 65.4 Å². The maximum absolute atomic E-state index is 14.9. The van der Waals surface area contributed by atoms with Gasteiger partial charge in [-0.05, 0) is 95.5 Å². The van der Waals surface area contributed by atoms with Crippen molar-refractivity contribution in [2.24, 2.45) is 17.3 Å². The monoisotopic (exact) mass is 1100 g/mol. The number of likely N-dealkylation sites (N-methyl/N-ethyl adjacent to an activating group) is 2. The second kappa shape index (κ2) is 22.7. The number of aryl methyl sites for hydroxylation is 1. The molecule has 0 saturated carbocycles. The lowest BCUT2D eigenvalue weighted by molar-refractivity contribution is -0.155. The van der Waals surface area contributed by atoms with Crippen molar-refractivity contribution in [1.29, 1.82) is 5.26 Å². The van der Waals surface area contributed by atoms with Crippen molar-refractivity contribution >= 4 is 57.6 Å². The standard InChI is InChI=1S/C57H74N14O7S/c1-10-68-46-16-13-35-24-40(46)42(51(68)41-25-39(29-59-49(41)34(4)77-9)67-20-18-65(7)19-21-67)27-57(5,6)31-78-55(75)43-12-11-17-70(64-43)54(74)44(26-48-61-45(35)30-79-48)62-52(72)50(33(2)3)66(8)53(73)36-22-37-14-15-38(23-36)71(37)56(76)69-32-60-63-47(69)28-58/h13,16,24-25,29-30,32-34,36-38,43-44,50,64H,10-12,14-15,17-23,26-27,31H2,1-9H3,(H,62,72)/t34-,36?,37?,38?,43-,44-,50-/m0/s1. The van der Waals surface area contributed by atoms with Gasteiger partial charge in [-0.25, -0.2) is 19.8 Å². The summed E-state index contributed by atoms with van der Waals surface area (Å²) in [4.78, 5) is 90.4. The van der Waals surface area contributed by atoms with Gasteiger partial charge in [0.25, 0.3) is 5.91 Å². The molecule has 10 rings (SSSR count). The molecule has 4 fully saturated rings. The average Bonchev–Trinajstić information content (AvgIpc) is 4.33. The Bertz CT molecular complexity index is 3160. The van der Waals surface area contributed by atoms with Crippen LogP contribution in [0.4, 0.5) is 10.5 Å². The zero-order valence-corrected chi connectivity index (χ0v) is 47.7. The van der Waals surface area contributed by atoms with Crippen LogP contribution >= 0.6 is 11.3 Å². The smallest absolute Gasteiger partial charge is 0.332 e. The minimum atomic E-state index is -1.12. The number of amides is 4. The number of rotatable bonds is 10. The largest absolute Gasteiger partial charge is 0.464 e. The van der Waals surface area contributed by atoms with Gasteiger partial charge in [0.1, 0.15) is 30.5 Å². The molecular formula is C57H74N14O7S. The number of piperazine rings is 1. The molecule has 0 spiro atoms. The molecule has 4 aromatic heterocycles. The number of nitrogens with zero attached hydrogens (tertiary/aromatic N) is 12. The fraction of sp³-hybridized carbons (Fsp3) is 0.579. The lowest BCUT2D eigenvalue weighted by atomic mass is 9.84. The van der Waals surface area contributed by atoms with Gasteiger partial charge in [-0.2, -0.15) is 5.26 Å². The van der Waals surface area contributed by atoms with Crippen LogP contribution in [0.5, 0.6) is 0 Å². The van der Waals surface area contributed by atoms with Crippen molar-refractivity contribution in [3.05, 3.63) is 64.3 Å². The number of hydrogen-bond acceptors (Lipinski definition) is 16. The van der Waals surface area contributed by atoms with Crippen LogP contribution in [0.1, 0.15) is 108 Å². The normalized spacial score (nSPS) is 23.5. The summed E-state index contributed by atoms with van der Waals surface area (Å²) in [6.45, 7) is 16.9. The van der Waals surface area contributed by atoms with E-state index in [4.69, 9.17) is 19.4 Å². The molecule has 4 amide bonds. The molecule has 0 aliphatic carbocycles. The van der Waals surface area contributed by atoms with Crippen molar-refractivity contribution in [3.63, 3.8) is 0 Å². The minimum Gasteiger partial charge on any atom is -0.464 e. The summed E-state index contributed by atoms with van der Waals surface area (Å²) >= 11 is 1.41. The van der Waals surface area contributed by atoms with Crippen LogP contribution in [0.25, 0.3) is 33.4 Å². The van der Waals surface area contributed by atoms with Crippen LogP contribution in [0, 0.1) is 28.6 Å². The third kappa shape index (κ3) is 11.0. The Hall–Kier alpha value is -6.80. The molecule has 22 heteroatoms. The van der Waals surface area contributed by atoms with Crippen LogP contribution in [0.3, 0.4) is 0 Å². The summed E-state index contributed by atoms with van der Waals surface area (Å²) in [7, 11) is 5.49. The van der Waals surface area contributed by atoms with Gasteiger partial charge in [-0.1, -0.05) is 33.8 Å². The molecule has 21 nitrogen and oxygen atoms in total. The van der Waals surface area contributed by atoms with Crippen molar-refractivity contribution in [1.82, 2.24) is 59.8 Å². The van der Waals surface area contributed by atoms with Gasteiger partial charge in [0.05, 0.1) is 46.7 Å². The van der Waals surface area contributed by atoms with Gasteiger partial charge in [-0.15, -0.1) is 21.5 Å². The molecule has 5 aromatic rings. The number of pyridine rings is 1. The predicted octanol–water partition coefficient (Wildman–Crippen LogP) is 5.81. The van der Waals surface area contributed by atoms with Crippen LogP contribution in [-0.2, 0) is 48.0 Å². The highest BCUT2D eigenvalue weighted by Crippen LogP contribution is 2.44. The quantitative estimate of drug-likeness (QED) is 0.157. The summed E-state index contributed by atoms with van der Waals surface area (Å²) in [6.07, 6.45) is 6.68. The van der Waals surface area contributed by atoms with Crippen LogP contribution in [0.15, 0.2) is 42.2 Å². The van der Waals surface area contributed by atoms with Crippen molar-refractivity contribution < 1.29 is 33.4 Å². The van der Waals surface area contributed by atoms with E-state index in [2.05, 4.69) is 87.4 Å². The molecule has 5 aliphatic rings. The van der Waals surface area contributed by atoms with Crippen LogP contribution in [0.2, 0.25) is 0 Å². The van der Waals surface area contributed by atoms with E-state index in [1.165, 1.54) is 27.6 Å². The Labute approximate surface area is 465 Å². The molecule has 2 N–H and O–H groups in total. The molecule has 8 bridgehead atoms. The Morgan fingerprint density at radius 1 is 1.05 bits per heavy atom. The second-order valence-corrected chi connectivity index (χ2v) is 24.2. The summed E-state index contributed by atoms with van der Waals surface area (Å²) in [5, 5.41) is 25.2. The average molecular weight is 1100 g/mol. The van der Waals surface area contributed by atoms with E-state index in [9.17, 15) is 29.2 Å². The number of aromatic nitrogens is 6. The van der Waals surface area contributed by atoms with Crippen molar-refractivity contribution in [3.8, 4) is 28.6 Å². The predicted molar refractivity (Wildman–Crippen MR) is 297 cm³/mol. The Kier molecular flexibility index (Phi) is 16.0. The molecule has 4 saturated heterocycles. The molecule has 420 valence electrons. The van der Waals surface area contributed by atoms with Gasteiger partial charge < -0.3 is 39.0 Å². The number of esters is 1. The van der Waals surface area contributed by atoms with E-state index in [0.29, 0.717) is 63.0 Å². The van der Waals surface area contributed by atoms with E-state index in [0.717, 1.165) is 81.1 Å². The number of ether oxygens (including phenoxy) is 2. The fourth-order valence-electron chi connectivity index (χ4n) is 12.7. The Morgan fingerprint density at radius 3 is 2.49 bits per heavy atom. The maximum atomic E-state index is 14.9. The van der Waals surface area contributed by atoms with E-state index < -0.39 is 47.2 Å². The number of carbonyl (C=O) groups is 5. The number of hydrogen-bond donors (Lipinski definition) is 2. The number of methoxy groups -OCH3 is 1. The third-order valence-corrected chi connectivity index (χ3v) is 17.8. The number of hydrazine groups is 1. The fourth-order valence-corrected chi connectivity index (χ4v) is 13.6. The van der Waals surface area contributed by atoms with Gasteiger partial charge in [-0.3, -0.25) is 29.2 Å². The lowest BCUT2D eigenvalue weighted by Crippen LogP contribution is -2.62. The molecule has 79 heavy (non-hydrogen) atoms. The SMILES string of the molecule is CCn1c(-c2cc(N3CCN(C)CC3)cnc2[C@H](C)OC)c2c3cc(ccc31)-c1csc(n1)C[C@H](NC(=O)[C@H](C(C)C)N(C)C(=O)C1CC3CCC(C1)N3C(=O)n1cnnc1C#N)C(=O)N1CCC[C@H](N1)C(=O)OCC(C)(C)C2. The molecule has 6 atom stereocenters. The van der Waals surface area contributed by atoms with Crippen LogP contribution in [-0.4, -0.2) is 169 Å². The van der Waals surface area contributed by atoms with E-state index >= 15 is 0 Å². The molecule has 2 unspecified atom stereocenters. The topological polar surface area (TPSA) is 229 Å². The van der Waals surface area contributed by atoms with Gasteiger partial charge >= 0.3 is 12.0 Å². The summed E-state index contributed by atoms with van der Waals surface area (Å²) in [5.74, 6) is -2.53. The highest BCUT2D eigenvalue weighted by atomic mass is 32.1. The number of cyclic esters (lactones) is 1. The number of benzene rings is 1. The number of thiazole rings is 1. The van der Waals surface area contributed by atoms with E-state index in [1.54, 1.807) is 19.1 Å². The summed E-state index contributed by atoms with van der Waals surface area (Å²) in [6, 6.07) is 6.87. The Balaban J connectivity index is 0.972. The van der Waals surface area contributed by atoms with Crippen molar-refractivity contribution in [2.45, 2.75) is 136 Å². The first kappa shape index (κ1) is 55.5. The first-order valence-electron chi connectivity index (χ1n) is 27.9. The van der Waals surface area contributed by atoms with E-state index in [-0.39, 0.29) is 54.9 Å². The second-order valence-electron chi connectivity index (χ2n) is 23.3. The number of nitrogens with one attached hydrogen (secondary N) is 2. The van der Waals surface area contributed by atoms with Crippen LogP contribution < -0.4 is 15.6 Å². The Morgan fingerprint density at radius 2 is 1.80 bits per heavy atom. The summed E-state index contributed by atoms with van der Waals surface area (Å²) < 4.78 is 15.7. The molecule has 5 aliphatic heterocycles. The lowest BCUT2D eigenvalue weighted by Gasteiger charge is -2.41. The zero-order valence-electron chi connectivity index (χ0n) is 46.9. The number of nitriles is 1. The third-order valence-electron chi connectivity index (χ3n) is 16.9. The molecule has 0 radical (unpaired) electrons. The zero-order chi connectivity index (χ0) is 56.0. The highest BCUT2D eigenvalue weighted by Gasteiger charge is 2.48. The molecular weight excluding hydrogens is 1020 g/mol. The first-order chi connectivity index (χ1) is 37.9. The van der Waals surface area contributed by atoms with E-state index in [1.807, 2.05) is 38.4 Å². The number of carbonyl (C=O) groups excluding carboxylic acids is 5. The van der Waals surface area contributed by atoms with Gasteiger partial charge in [0.15, 0.2) is 0 Å². The maximum Gasteiger partial charge on any atom is 0.332 e. The number of fused-ring (bicyclic) bond motifs is 8. The van der Waals surface area contributed by atoms with Gasteiger partial charge in [0.2, 0.25) is 17.6 Å².